The smallest absolute Gasteiger partial charge is 0.353 e. The van der Waals surface area contributed by atoms with Gasteiger partial charge in [-0.05, 0) is 49.6 Å². The lowest BCUT2D eigenvalue weighted by Gasteiger charge is -2.25. The molecule has 1 fully saturated rings. The number of alkyl halides is 3. The van der Waals surface area contributed by atoms with Crippen molar-refractivity contribution in [2.45, 2.75) is 63.2 Å². The number of aliphatic imine (C=N–C) groups is 2. The highest BCUT2D eigenvalue weighted by atomic mass is 32.2. The molecule has 0 spiro atoms. The summed E-state index contributed by atoms with van der Waals surface area (Å²) >= 11 is 0.989. The fourth-order valence-corrected chi connectivity index (χ4v) is 5.80. The van der Waals surface area contributed by atoms with Crippen molar-refractivity contribution < 1.29 is 27.6 Å². The molecule has 12 heteroatoms. The van der Waals surface area contributed by atoms with Crippen molar-refractivity contribution in [3.63, 3.8) is 0 Å². The number of benzene rings is 2. The second-order valence-corrected chi connectivity index (χ2v) is 10.9. The molecular formula is C28H28F3N5O3S. The topological polar surface area (TPSA) is 103 Å². The Hall–Kier alpha value is -3.67. The molecule has 0 radical (unpaired) electrons. The number of hydrogen-bond acceptors (Lipinski definition) is 6. The molecule has 8 nitrogen and oxygen atoms in total. The molecule has 2 aromatic rings. The fraction of sp³-hybridized carbons (Fsp3) is 0.393. The fourth-order valence-electron chi connectivity index (χ4n) is 5.00. The highest BCUT2D eigenvalue weighted by molar-refractivity contribution is 8.14. The summed E-state index contributed by atoms with van der Waals surface area (Å²) in [5.74, 6) is -0.761. The number of amidine groups is 2. The predicted molar refractivity (Wildman–Crippen MR) is 147 cm³/mol. The average Bonchev–Trinajstić information content (AvgIpc) is 3.27. The molecule has 2 heterocycles. The number of carbonyl (C=O) groups excluding carboxylic acids is 3. The minimum absolute atomic E-state index is 0.0161. The highest BCUT2D eigenvalue weighted by Crippen LogP contribution is 2.35. The quantitative estimate of drug-likeness (QED) is 0.473. The van der Waals surface area contributed by atoms with Crippen molar-refractivity contribution in [1.82, 2.24) is 10.2 Å². The van der Waals surface area contributed by atoms with Crippen molar-refractivity contribution in [1.29, 1.82) is 0 Å². The Kier molecular flexibility index (Phi) is 8.24. The van der Waals surface area contributed by atoms with Crippen LogP contribution in [0.2, 0.25) is 0 Å². The Morgan fingerprint density at radius 1 is 1.02 bits per heavy atom. The van der Waals surface area contributed by atoms with Crippen LogP contribution in [0.1, 0.15) is 56.1 Å². The van der Waals surface area contributed by atoms with Crippen LogP contribution in [0.4, 0.5) is 24.5 Å². The standard InChI is InChI=1S/C28H28F3N5O3S/c29-28(30,31)17-7-6-10-19(15-17)33-24(38)16-40-27-35-21-12-5-4-11-20(21)25-34-22(26(39)36(25)27)13-14-23(37)32-18-8-2-1-3-9-18/h4-7,10-12,15,18,22H,1-3,8-9,13-14,16H2,(H,32,37)(H,33,38)/t22-/m0/s1. The van der Waals surface area contributed by atoms with Gasteiger partial charge in [0.05, 0.1) is 17.0 Å². The first-order valence-electron chi connectivity index (χ1n) is 13.2. The Morgan fingerprint density at radius 2 is 1.80 bits per heavy atom. The van der Waals surface area contributed by atoms with Gasteiger partial charge in [-0.15, -0.1) is 0 Å². The first-order valence-corrected chi connectivity index (χ1v) is 14.2. The van der Waals surface area contributed by atoms with Crippen molar-refractivity contribution in [2.75, 3.05) is 11.1 Å². The lowest BCUT2D eigenvalue weighted by atomic mass is 9.95. The van der Waals surface area contributed by atoms with Crippen molar-refractivity contribution in [3.8, 4) is 0 Å². The zero-order valence-electron chi connectivity index (χ0n) is 21.5. The largest absolute Gasteiger partial charge is 0.416 e. The van der Waals surface area contributed by atoms with E-state index in [-0.39, 0.29) is 47.3 Å². The lowest BCUT2D eigenvalue weighted by molar-refractivity contribution is -0.137. The molecule has 0 aromatic heterocycles. The molecule has 3 amide bonds. The van der Waals surface area contributed by atoms with Gasteiger partial charge >= 0.3 is 6.18 Å². The minimum atomic E-state index is -4.53. The summed E-state index contributed by atoms with van der Waals surface area (Å²) in [4.78, 5) is 49.1. The predicted octanol–water partition coefficient (Wildman–Crippen LogP) is 5.26. The van der Waals surface area contributed by atoms with Crippen LogP contribution in [-0.4, -0.2) is 51.5 Å². The van der Waals surface area contributed by atoms with Gasteiger partial charge in [-0.25, -0.2) is 9.89 Å². The summed E-state index contributed by atoms with van der Waals surface area (Å²) in [6, 6.07) is 11.0. The van der Waals surface area contributed by atoms with Crippen molar-refractivity contribution >= 4 is 51.9 Å². The molecule has 210 valence electrons. The minimum Gasteiger partial charge on any atom is -0.353 e. The molecule has 2 aliphatic heterocycles. The van der Waals surface area contributed by atoms with Crippen LogP contribution in [0.25, 0.3) is 0 Å². The van der Waals surface area contributed by atoms with Gasteiger partial charge in [0, 0.05) is 23.7 Å². The number of para-hydroxylation sites is 1. The van der Waals surface area contributed by atoms with E-state index >= 15 is 0 Å². The summed E-state index contributed by atoms with van der Waals surface area (Å²) in [6.45, 7) is 0. The number of thioether (sulfide) groups is 1. The number of nitrogens with one attached hydrogen (secondary N) is 2. The average molecular weight is 572 g/mol. The molecular weight excluding hydrogens is 543 g/mol. The number of anilines is 1. The van der Waals surface area contributed by atoms with Crippen LogP contribution >= 0.6 is 11.8 Å². The van der Waals surface area contributed by atoms with Crippen LogP contribution in [-0.2, 0) is 20.6 Å². The van der Waals surface area contributed by atoms with E-state index in [0.29, 0.717) is 17.1 Å². The molecule has 0 saturated heterocycles. The summed E-state index contributed by atoms with van der Waals surface area (Å²) in [5, 5.41) is 5.77. The zero-order valence-corrected chi connectivity index (χ0v) is 22.4. The Labute approximate surface area is 233 Å². The molecule has 2 aromatic carbocycles. The molecule has 3 aliphatic rings. The first kappa shape index (κ1) is 27.9. The Bertz CT molecular complexity index is 1370. The third-order valence-electron chi connectivity index (χ3n) is 6.97. The normalized spacial score (nSPS) is 18.9. The second kappa shape index (κ2) is 11.8. The third kappa shape index (κ3) is 6.38. The van der Waals surface area contributed by atoms with Crippen LogP contribution in [0, 0.1) is 0 Å². The van der Waals surface area contributed by atoms with Gasteiger partial charge in [0.15, 0.2) is 5.17 Å². The number of carbonyl (C=O) groups is 3. The van der Waals surface area contributed by atoms with E-state index in [2.05, 4.69) is 20.6 Å². The lowest BCUT2D eigenvalue weighted by Crippen LogP contribution is -2.42. The van der Waals surface area contributed by atoms with Crippen LogP contribution in [0.15, 0.2) is 58.5 Å². The molecule has 2 N–H and O–H groups in total. The summed E-state index contributed by atoms with van der Waals surface area (Å²) in [5.41, 5.74) is 0.403. The maximum Gasteiger partial charge on any atom is 0.416 e. The van der Waals surface area contributed by atoms with Gasteiger partial charge in [-0.2, -0.15) is 13.2 Å². The van der Waals surface area contributed by atoms with E-state index < -0.39 is 23.7 Å². The van der Waals surface area contributed by atoms with Crippen molar-refractivity contribution in [2.24, 2.45) is 9.98 Å². The van der Waals surface area contributed by atoms with Gasteiger partial charge in [0.1, 0.15) is 11.9 Å². The van der Waals surface area contributed by atoms with E-state index in [9.17, 15) is 27.6 Å². The molecule has 1 saturated carbocycles. The van der Waals surface area contributed by atoms with Gasteiger partial charge < -0.3 is 10.6 Å². The molecule has 1 atom stereocenters. The van der Waals surface area contributed by atoms with E-state index in [0.717, 1.165) is 49.6 Å². The molecule has 5 rings (SSSR count). The number of halogens is 3. The number of hydrogen-bond donors (Lipinski definition) is 2. The number of rotatable bonds is 7. The molecule has 0 unspecified atom stereocenters. The molecule has 40 heavy (non-hydrogen) atoms. The summed E-state index contributed by atoms with van der Waals surface area (Å²) in [6.07, 6.45) is 1.22. The summed E-state index contributed by atoms with van der Waals surface area (Å²) < 4.78 is 39.0. The van der Waals surface area contributed by atoms with Gasteiger partial charge in [-0.3, -0.25) is 19.4 Å². The summed E-state index contributed by atoms with van der Waals surface area (Å²) in [7, 11) is 0. The SMILES string of the molecule is O=C(CSC1=Nc2ccccc2C2=N[C@@H](CCC(=O)NC3CCCCC3)C(=O)N12)Nc1cccc(C(F)(F)F)c1. The number of fused-ring (bicyclic) bond motifs is 3. The van der Waals surface area contributed by atoms with Gasteiger partial charge in [-0.1, -0.05) is 49.2 Å². The third-order valence-corrected chi connectivity index (χ3v) is 7.91. The van der Waals surface area contributed by atoms with Crippen molar-refractivity contribution in [3.05, 3.63) is 59.7 Å². The number of nitrogens with zero attached hydrogens (tertiary/aromatic N) is 3. The van der Waals surface area contributed by atoms with E-state index in [4.69, 9.17) is 0 Å². The van der Waals surface area contributed by atoms with Crippen LogP contribution in [0.5, 0.6) is 0 Å². The van der Waals surface area contributed by atoms with Crippen LogP contribution < -0.4 is 10.6 Å². The van der Waals surface area contributed by atoms with Gasteiger partial charge in [0.25, 0.3) is 5.91 Å². The highest BCUT2D eigenvalue weighted by Gasteiger charge is 2.41. The maximum absolute atomic E-state index is 13.4. The molecule has 1 aliphatic carbocycles. The Morgan fingerprint density at radius 3 is 2.58 bits per heavy atom. The first-order chi connectivity index (χ1) is 19.2. The van der Waals surface area contributed by atoms with Gasteiger partial charge in [0.2, 0.25) is 11.8 Å². The zero-order chi connectivity index (χ0) is 28.3. The van der Waals surface area contributed by atoms with E-state index in [1.165, 1.54) is 23.5 Å². The monoisotopic (exact) mass is 571 g/mol. The number of amides is 3. The Balaban J connectivity index is 1.25. The molecule has 0 bridgehead atoms. The second-order valence-electron chi connectivity index (χ2n) is 9.91. The van der Waals surface area contributed by atoms with Crippen LogP contribution in [0.3, 0.4) is 0 Å². The van der Waals surface area contributed by atoms with E-state index in [1.54, 1.807) is 18.2 Å². The van der Waals surface area contributed by atoms with E-state index in [1.807, 2.05) is 6.07 Å². The maximum atomic E-state index is 13.4.